The summed E-state index contributed by atoms with van der Waals surface area (Å²) in [6, 6.07) is 2.84. The van der Waals surface area contributed by atoms with E-state index >= 15 is 0 Å². The molecular formula is C12H19NO5S. The van der Waals surface area contributed by atoms with Crippen molar-refractivity contribution in [3.8, 4) is 0 Å². The molecule has 1 aliphatic heterocycles. The Kier molecular flexibility index (Phi) is 4.00. The van der Waals surface area contributed by atoms with Crippen molar-refractivity contribution < 1.29 is 22.7 Å². The van der Waals surface area contributed by atoms with Crippen molar-refractivity contribution in [2.45, 2.75) is 37.1 Å². The minimum atomic E-state index is -3.66. The number of aliphatic hydroxyl groups excluding tert-OH is 1. The standard InChI is InChI=1S/C12H19NO5S/c1-12(17-2)6-3-7-13(9-12)19(15,16)11-5-4-10(8-14)18-11/h4-5,14H,3,6-9H2,1-2H3. The molecule has 1 N–H and O–H groups in total. The van der Waals surface area contributed by atoms with Crippen LogP contribution in [0.25, 0.3) is 0 Å². The molecule has 0 radical (unpaired) electrons. The van der Waals surface area contributed by atoms with Gasteiger partial charge in [-0.3, -0.25) is 0 Å². The number of methoxy groups -OCH3 is 1. The summed E-state index contributed by atoms with van der Waals surface area (Å²) in [7, 11) is -2.07. The molecule has 2 rings (SSSR count). The van der Waals surface area contributed by atoms with Crippen molar-refractivity contribution in [1.29, 1.82) is 0 Å². The van der Waals surface area contributed by atoms with Crippen molar-refractivity contribution in [1.82, 2.24) is 4.31 Å². The SMILES string of the molecule is COC1(C)CCCN(S(=O)(=O)c2ccc(CO)o2)C1. The van der Waals surface area contributed by atoms with Gasteiger partial charge in [0, 0.05) is 20.2 Å². The number of piperidine rings is 1. The third-order valence-electron chi connectivity index (χ3n) is 3.50. The molecule has 0 amide bonds. The number of hydrogen-bond acceptors (Lipinski definition) is 5. The first-order valence-corrected chi connectivity index (χ1v) is 7.60. The lowest BCUT2D eigenvalue weighted by Crippen LogP contribution is -2.49. The van der Waals surface area contributed by atoms with Gasteiger partial charge in [0.2, 0.25) is 5.09 Å². The van der Waals surface area contributed by atoms with Crippen LogP contribution in [0.5, 0.6) is 0 Å². The van der Waals surface area contributed by atoms with Gasteiger partial charge in [-0.2, -0.15) is 4.31 Å². The maximum atomic E-state index is 12.4. The topological polar surface area (TPSA) is 80.0 Å². The van der Waals surface area contributed by atoms with E-state index in [9.17, 15) is 8.42 Å². The van der Waals surface area contributed by atoms with E-state index in [1.807, 2.05) is 6.92 Å². The molecule has 7 heteroatoms. The molecule has 1 atom stereocenters. The van der Waals surface area contributed by atoms with Gasteiger partial charge < -0.3 is 14.3 Å². The fourth-order valence-corrected chi connectivity index (χ4v) is 3.76. The smallest absolute Gasteiger partial charge is 0.276 e. The average Bonchev–Trinajstić information content (AvgIpc) is 2.88. The van der Waals surface area contributed by atoms with Crippen LogP contribution in [0.4, 0.5) is 0 Å². The normalized spacial score (nSPS) is 25.6. The van der Waals surface area contributed by atoms with Gasteiger partial charge in [-0.25, -0.2) is 8.42 Å². The maximum Gasteiger partial charge on any atom is 0.276 e. The minimum absolute atomic E-state index is 0.128. The molecule has 2 heterocycles. The summed E-state index contributed by atoms with van der Waals surface area (Å²) in [6.07, 6.45) is 1.58. The monoisotopic (exact) mass is 289 g/mol. The van der Waals surface area contributed by atoms with Crippen LogP contribution >= 0.6 is 0 Å². The largest absolute Gasteiger partial charge is 0.446 e. The van der Waals surface area contributed by atoms with E-state index < -0.39 is 15.6 Å². The van der Waals surface area contributed by atoms with E-state index in [0.29, 0.717) is 13.1 Å². The fourth-order valence-electron chi connectivity index (χ4n) is 2.24. The maximum absolute atomic E-state index is 12.4. The highest BCUT2D eigenvalue weighted by Crippen LogP contribution is 2.28. The van der Waals surface area contributed by atoms with Gasteiger partial charge in [0.1, 0.15) is 12.4 Å². The predicted octanol–water partition coefficient (Wildman–Crippen LogP) is 0.962. The van der Waals surface area contributed by atoms with Gasteiger partial charge in [0.05, 0.1) is 5.60 Å². The molecule has 1 saturated heterocycles. The van der Waals surface area contributed by atoms with E-state index in [1.165, 1.54) is 16.4 Å². The number of nitrogens with zero attached hydrogens (tertiary/aromatic N) is 1. The third kappa shape index (κ3) is 2.84. The Labute approximate surface area is 113 Å². The second-order valence-electron chi connectivity index (χ2n) is 4.98. The van der Waals surface area contributed by atoms with Crippen molar-refractivity contribution in [3.05, 3.63) is 17.9 Å². The van der Waals surface area contributed by atoms with Gasteiger partial charge in [0.15, 0.2) is 0 Å². The number of ether oxygens (including phenoxy) is 1. The first-order valence-electron chi connectivity index (χ1n) is 6.16. The summed E-state index contributed by atoms with van der Waals surface area (Å²) in [5.74, 6) is 0.241. The van der Waals surface area contributed by atoms with E-state index in [1.54, 1.807) is 7.11 Å². The summed E-state index contributed by atoms with van der Waals surface area (Å²) in [6.45, 7) is 2.35. The second kappa shape index (κ2) is 5.24. The van der Waals surface area contributed by atoms with E-state index in [-0.39, 0.29) is 17.5 Å². The van der Waals surface area contributed by atoms with Crippen LogP contribution in [0.15, 0.2) is 21.6 Å². The molecule has 1 unspecified atom stereocenters. The first-order chi connectivity index (χ1) is 8.91. The summed E-state index contributed by atoms with van der Waals surface area (Å²) >= 11 is 0. The number of sulfonamides is 1. The van der Waals surface area contributed by atoms with E-state index in [2.05, 4.69) is 0 Å². The molecule has 0 bridgehead atoms. The summed E-state index contributed by atoms with van der Waals surface area (Å²) < 4.78 is 36.7. The van der Waals surface area contributed by atoms with Gasteiger partial charge in [0.25, 0.3) is 10.0 Å². The number of rotatable bonds is 4. The highest BCUT2D eigenvalue weighted by molar-refractivity contribution is 7.89. The Hall–Kier alpha value is -0.890. The molecule has 0 aromatic carbocycles. The number of aliphatic hydroxyl groups is 1. The second-order valence-corrected chi connectivity index (χ2v) is 6.84. The summed E-state index contributed by atoms with van der Waals surface area (Å²) in [5.41, 5.74) is -0.461. The van der Waals surface area contributed by atoms with Crippen molar-refractivity contribution in [3.63, 3.8) is 0 Å². The lowest BCUT2D eigenvalue weighted by Gasteiger charge is -2.38. The van der Waals surface area contributed by atoms with Gasteiger partial charge >= 0.3 is 0 Å². The van der Waals surface area contributed by atoms with Crippen LogP contribution in [0.1, 0.15) is 25.5 Å². The van der Waals surface area contributed by atoms with Gasteiger partial charge in [-0.15, -0.1) is 0 Å². The molecule has 108 valence electrons. The molecule has 1 aromatic rings. The average molecular weight is 289 g/mol. The van der Waals surface area contributed by atoms with Crippen molar-refractivity contribution in [2.24, 2.45) is 0 Å². The van der Waals surface area contributed by atoms with Gasteiger partial charge in [-0.1, -0.05) is 0 Å². The zero-order valence-electron chi connectivity index (χ0n) is 11.1. The van der Waals surface area contributed by atoms with Crippen LogP contribution in [0.3, 0.4) is 0 Å². The quantitative estimate of drug-likeness (QED) is 0.893. The van der Waals surface area contributed by atoms with Crippen LogP contribution in [0.2, 0.25) is 0 Å². The highest BCUT2D eigenvalue weighted by atomic mass is 32.2. The molecule has 1 fully saturated rings. The minimum Gasteiger partial charge on any atom is -0.446 e. The molecule has 1 aliphatic rings. The Balaban J connectivity index is 2.24. The molecule has 0 aliphatic carbocycles. The lowest BCUT2D eigenvalue weighted by atomic mass is 9.96. The lowest BCUT2D eigenvalue weighted by molar-refractivity contribution is -0.0321. The molecule has 6 nitrogen and oxygen atoms in total. The van der Waals surface area contributed by atoms with Crippen LogP contribution in [-0.2, 0) is 21.4 Å². The summed E-state index contributed by atoms with van der Waals surface area (Å²) in [5, 5.41) is 8.80. The molecule has 0 spiro atoms. The summed E-state index contributed by atoms with van der Waals surface area (Å²) in [4.78, 5) is 0. The molecule has 19 heavy (non-hydrogen) atoms. The van der Waals surface area contributed by atoms with Gasteiger partial charge in [-0.05, 0) is 31.9 Å². The van der Waals surface area contributed by atoms with Crippen LogP contribution in [0, 0.1) is 0 Å². The third-order valence-corrected chi connectivity index (χ3v) is 5.22. The Bertz CT molecular complexity index is 538. The predicted molar refractivity (Wildman–Crippen MR) is 68.0 cm³/mol. The van der Waals surface area contributed by atoms with Crippen LogP contribution in [-0.4, -0.2) is 43.6 Å². The zero-order valence-corrected chi connectivity index (χ0v) is 11.9. The molecular weight excluding hydrogens is 270 g/mol. The molecule has 1 aromatic heterocycles. The Morgan fingerprint density at radius 2 is 2.26 bits per heavy atom. The van der Waals surface area contributed by atoms with Crippen molar-refractivity contribution >= 4 is 10.0 Å². The fraction of sp³-hybridized carbons (Fsp3) is 0.667. The highest BCUT2D eigenvalue weighted by Gasteiger charge is 2.38. The van der Waals surface area contributed by atoms with E-state index in [0.717, 1.165) is 12.8 Å². The Morgan fingerprint density at radius 3 is 2.84 bits per heavy atom. The Morgan fingerprint density at radius 1 is 1.53 bits per heavy atom. The number of hydrogen-bond donors (Lipinski definition) is 1. The zero-order chi connectivity index (χ0) is 14.1. The first kappa shape index (κ1) is 14.5. The van der Waals surface area contributed by atoms with E-state index in [4.69, 9.17) is 14.3 Å². The molecule has 0 saturated carbocycles. The van der Waals surface area contributed by atoms with Crippen LogP contribution < -0.4 is 0 Å². The number of furan rings is 1. The van der Waals surface area contributed by atoms with Crippen molar-refractivity contribution in [2.75, 3.05) is 20.2 Å².